The first kappa shape index (κ1) is 27.0. The molecule has 0 aliphatic heterocycles. The Morgan fingerprint density at radius 2 is 0.477 bits per heavy atom. The van der Waals surface area contributed by atoms with E-state index in [2.05, 4.69) is 204 Å². The lowest BCUT2D eigenvalue weighted by Crippen LogP contribution is -2.12. The summed E-state index contributed by atoms with van der Waals surface area (Å²) in [6.45, 7) is 0. The first-order valence-electron chi connectivity index (χ1n) is 14.9. The first-order chi connectivity index (χ1) is 21.8. The molecule has 0 saturated heterocycles. The molecule has 7 rings (SSSR count). The molecule has 0 radical (unpaired) electrons. The van der Waals surface area contributed by atoms with Crippen molar-refractivity contribution in [2.24, 2.45) is 0 Å². The van der Waals surface area contributed by atoms with E-state index in [4.69, 9.17) is 0 Å². The number of hydrogen-bond acceptors (Lipinski definition) is 2. The minimum Gasteiger partial charge on any atom is -0.310 e. The van der Waals surface area contributed by atoms with Crippen LogP contribution in [0.4, 0.5) is 34.1 Å². The van der Waals surface area contributed by atoms with E-state index < -0.39 is 0 Å². The number of hydrogen-bond donors (Lipinski definition) is 0. The van der Waals surface area contributed by atoms with E-state index in [1.807, 2.05) is 0 Å². The smallest absolute Gasteiger partial charge is 0.0467 e. The summed E-state index contributed by atoms with van der Waals surface area (Å²) in [6, 6.07) is 68.6. The van der Waals surface area contributed by atoms with Crippen molar-refractivity contribution >= 4 is 34.1 Å². The van der Waals surface area contributed by atoms with E-state index in [9.17, 15) is 0 Å². The predicted molar refractivity (Wildman–Crippen MR) is 187 cm³/mol. The van der Waals surface area contributed by atoms with E-state index in [-0.39, 0.29) is 0 Å². The van der Waals surface area contributed by atoms with Crippen molar-refractivity contribution < 1.29 is 0 Å². The second kappa shape index (κ2) is 12.6. The number of anilines is 6. The van der Waals surface area contributed by atoms with Crippen molar-refractivity contribution in [2.45, 2.75) is 0 Å². The van der Waals surface area contributed by atoms with Crippen LogP contribution in [0.15, 0.2) is 194 Å². The van der Waals surface area contributed by atoms with Gasteiger partial charge < -0.3 is 9.80 Å². The van der Waals surface area contributed by atoms with Crippen molar-refractivity contribution in [3.05, 3.63) is 194 Å². The molecule has 0 N–H and O–H groups in total. The molecule has 0 bridgehead atoms. The lowest BCUT2D eigenvalue weighted by Gasteiger charge is -2.28. The Labute approximate surface area is 259 Å². The van der Waals surface area contributed by atoms with Gasteiger partial charge in [0, 0.05) is 34.1 Å². The molecule has 0 fully saturated rings. The van der Waals surface area contributed by atoms with E-state index in [1.165, 1.54) is 22.3 Å². The van der Waals surface area contributed by atoms with Gasteiger partial charge in [0.25, 0.3) is 0 Å². The Morgan fingerprint density at radius 1 is 0.205 bits per heavy atom. The highest BCUT2D eigenvalue weighted by Crippen LogP contribution is 2.40. The van der Waals surface area contributed by atoms with Crippen LogP contribution in [-0.2, 0) is 0 Å². The normalized spacial score (nSPS) is 10.7. The molecule has 7 aromatic carbocycles. The standard InChI is InChI=1S/C42H32N2/c1-5-15-33(16-6-1)35-19-13-25-41(31-35)43(37-21-9-3-10-22-37)39-27-29-40(30-28-39)44(38-23-11-4-12-24-38)42-26-14-20-36(32-42)34-17-7-2-8-18-34/h1-32H. The molecule has 0 atom stereocenters. The van der Waals surface area contributed by atoms with Gasteiger partial charge >= 0.3 is 0 Å². The van der Waals surface area contributed by atoms with Crippen LogP contribution in [-0.4, -0.2) is 0 Å². The molecule has 2 nitrogen and oxygen atoms in total. The van der Waals surface area contributed by atoms with Crippen molar-refractivity contribution in [1.29, 1.82) is 0 Å². The van der Waals surface area contributed by atoms with Gasteiger partial charge in [-0.15, -0.1) is 0 Å². The maximum Gasteiger partial charge on any atom is 0.0467 e. The Bertz CT molecular complexity index is 1790. The third-order valence-corrected chi connectivity index (χ3v) is 7.82. The summed E-state index contributed by atoms with van der Waals surface area (Å²) in [5, 5.41) is 0. The largest absolute Gasteiger partial charge is 0.310 e. The molecule has 210 valence electrons. The van der Waals surface area contributed by atoms with E-state index in [1.54, 1.807) is 0 Å². The predicted octanol–water partition coefficient (Wildman–Crippen LogP) is 12.0. The zero-order valence-corrected chi connectivity index (χ0v) is 24.4. The molecule has 0 spiro atoms. The van der Waals surface area contributed by atoms with Crippen LogP contribution in [0.25, 0.3) is 22.3 Å². The van der Waals surface area contributed by atoms with Crippen molar-refractivity contribution in [2.75, 3.05) is 9.80 Å². The van der Waals surface area contributed by atoms with Gasteiger partial charge in [-0.2, -0.15) is 0 Å². The van der Waals surface area contributed by atoms with Gasteiger partial charge in [-0.3, -0.25) is 0 Å². The fourth-order valence-electron chi connectivity index (χ4n) is 5.71. The molecule has 0 heterocycles. The lowest BCUT2D eigenvalue weighted by molar-refractivity contribution is 1.26. The highest BCUT2D eigenvalue weighted by Gasteiger charge is 2.16. The van der Waals surface area contributed by atoms with Crippen molar-refractivity contribution in [3.63, 3.8) is 0 Å². The highest BCUT2D eigenvalue weighted by molar-refractivity contribution is 5.83. The molecule has 0 amide bonds. The average molecular weight is 565 g/mol. The summed E-state index contributed by atoms with van der Waals surface area (Å²) in [6.07, 6.45) is 0. The van der Waals surface area contributed by atoms with Gasteiger partial charge in [-0.05, 0) is 95.1 Å². The number of benzene rings is 7. The average Bonchev–Trinajstić information content (AvgIpc) is 3.11. The molecule has 44 heavy (non-hydrogen) atoms. The minimum atomic E-state index is 1.09. The van der Waals surface area contributed by atoms with Crippen molar-refractivity contribution in [1.82, 2.24) is 0 Å². The molecule has 0 aromatic heterocycles. The quantitative estimate of drug-likeness (QED) is 0.181. The second-order valence-electron chi connectivity index (χ2n) is 10.7. The fraction of sp³-hybridized carbons (Fsp3) is 0. The monoisotopic (exact) mass is 564 g/mol. The topological polar surface area (TPSA) is 6.48 Å². The van der Waals surface area contributed by atoms with Gasteiger partial charge in [0.1, 0.15) is 0 Å². The molecule has 0 saturated carbocycles. The lowest BCUT2D eigenvalue weighted by atomic mass is 10.0. The molecule has 0 aliphatic rings. The summed E-state index contributed by atoms with van der Waals surface area (Å²) in [4.78, 5) is 4.64. The van der Waals surface area contributed by atoms with E-state index in [0.717, 1.165) is 34.1 Å². The van der Waals surface area contributed by atoms with Crippen LogP contribution in [0.2, 0.25) is 0 Å². The van der Waals surface area contributed by atoms with Gasteiger partial charge in [0.2, 0.25) is 0 Å². The van der Waals surface area contributed by atoms with E-state index >= 15 is 0 Å². The molecular weight excluding hydrogens is 532 g/mol. The van der Waals surface area contributed by atoms with Gasteiger partial charge in [0.05, 0.1) is 0 Å². The van der Waals surface area contributed by atoms with Crippen LogP contribution in [0.1, 0.15) is 0 Å². The molecule has 0 unspecified atom stereocenters. The fourth-order valence-corrected chi connectivity index (χ4v) is 5.71. The van der Waals surface area contributed by atoms with Gasteiger partial charge in [-0.1, -0.05) is 121 Å². The van der Waals surface area contributed by atoms with Crippen LogP contribution in [0.3, 0.4) is 0 Å². The first-order valence-corrected chi connectivity index (χ1v) is 14.9. The van der Waals surface area contributed by atoms with Crippen LogP contribution < -0.4 is 9.80 Å². The Hall–Kier alpha value is -5.86. The minimum absolute atomic E-state index is 1.09. The summed E-state index contributed by atoms with van der Waals surface area (Å²) in [5.74, 6) is 0. The molecule has 2 heteroatoms. The third-order valence-electron chi connectivity index (χ3n) is 7.82. The highest BCUT2D eigenvalue weighted by atomic mass is 15.2. The maximum atomic E-state index is 2.32. The zero-order chi connectivity index (χ0) is 29.6. The third kappa shape index (κ3) is 5.74. The Kier molecular flexibility index (Phi) is 7.71. The SMILES string of the molecule is c1ccc(-c2cccc(N(c3ccccc3)c3ccc(N(c4ccccc4)c4cccc(-c5ccccc5)c4)cc3)c2)cc1. The van der Waals surface area contributed by atoms with Gasteiger partial charge in [-0.25, -0.2) is 0 Å². The summed E-state index contributed by atoms with van der Waals surface area (Å²) < 4.78 is 0. The second-order valence-corrected chi connectivity index (χ2v) is 10.7. The molecule has 0 aliphatic carbocycles. The van der Waals surface area contributed by atoms with Crippen LogP contribution in [0, 0.1) is 0 Å². The zero-order valence-electron chi connectivity index (χ0n) is 24.4. The maximum absolute atomic E-state index is 2.32. The number of rotatable bonds is 8. The summed E-state index contributed by atoms with van der Waals surface area (Å²) in [5.41, 5.74) is 11.4. The molecule has 7 aromatic rings. The number of para-hydroxylation sites is 2. The summed E-state index contributed by atoms with van der Waals surface area (Å²) in [7, 11) is 0. The number of nitrogens with zero attached hydrogens (tertiary/aromatic N) is 2. The van der Waals surface area contributed by atoms with Crippen molar-refractivity contribution in [3.8, 4) is 22.3 Å². The van der Waals surface area contributed by atoms with Gasteiger partial charge in [0.15, 0.2) is 0 Å². The van der Waals surface area contributed by atoms with E-state index in [0.29, 0.717) is 0 Å². The van der Waals surface area contributed by atoms with Crippen LogP contribution in [0.5, 0.6) is 0 Å². The Balaban J connectivity index is 1.30. The van der Waals surface area contributed by atoms with Crippen LogP contribution >= 0.6 is 0 Å². The Morgan fingerprint density at radius 3 is 0.841 bits per heavy atom. The molecular formula is C42H32N2. The summed E-state index contributed by atoms with van der Waals surface area (Å²) >= 11 is 0.